The first kappa shape index (κ1) is 16.6. The molecule has 0 fully saturated rings. The summed E-state index contributed by atoms with van der Waals surface area (Å²) >= 11 is 0. The molecule has 2 aromatic heterocycles. The van der Waals surface area contributed by atoms with Crippen LogP contribution in [0.2, 0.25) is 0 Å². The number of hydrogen-bond acceptors (Lipinski definition) is 5. The molecule has 0 aliphatic rings. The molecule has 8 nitrogen and oxygen atoms in total. The number of rotatable bonds is 5. The molecule has 0 unspecified atom stereocenters. The fourth-order valence-corrected chi connectivity index (χ4v) is 2.41. The van der Waals surface area contributed by atoms with Crippen molar-refractivity contribution >= 4 is 11.7 Å². The number of aryl methyl sites for hydroxylation is 2. The maximum atomic E-state index is 12.3. The molecule has 3 aromatic rings. The number of nitrogens with one attached hydrogen (secondary N) is 2. The summed E-state index contributed by atoms with van der Waals surface area (Å²) in [6.45, 7) is 4.28. The highest BCUT2D eigenvalue weighted by molar-refractivity contribution is 5.91. The SMILES string of the molecule is CCc1nnnn1-c1ccccc1NC(=O)NCc1ncccc1C. The van der Waals surface area contributed by atoms with Crippen LogP contribution in [0.3, 0.4) is 0 Å². The molecular weight excluding hydrogens is 318 g/mol. The number of carbonyl (C=O) groups is 1. The fraction of sp³-hybridized carbons (Fsp3) is 0.235. The number of aromatic nitrogens is 5. The van der Waals surface area contributed by atoms with E-state index < -0.39 is 0 Å². The van der Waals surface area contributed by atoms with Crippen LogP contribution in [0.25, 0.3) is 5.69 Å². The molecule has 0 aliphatic carbocycles. The number of anilines is 1. The second kappa shape index (κ2) is 7.52. The highest BCUT2D eigenvalue weighted by Crippen LogP contribution is 2.20. The second-order valence-electron chi connectivity index (χ2n) is 5.45. The molecule has 3 rings (SSSR count). The molecule has 8 heteroatoms. The number of hydrogen-bond donors (Lipinski definition) is 2. The van der Waals surface area contributed by atoms with E-state index in [2.05, 4.69) is 31.1 Å². The van der Waals surface area contributed by atoms with E-state index in [0.29, 0.717) is 24.3 Å². The number of tetrazole rings is 1. The van der Waals surface area contributed by atoms with Crippen molar-refractivity contribution in [3.8, 4) is 5.69 Å². The zero-order valence-electron chi connectivity index (χ0n) is 14.1. The first-order valence-electron chi connectivity index (χ1n) is 8.01. The Balaban J connectivity index is 1.73. The largest absolute Gasteiger partial charge is 0.332 e. The summed E-state index contributed by atoms with van der Waals surface area (Å²) in [5.41, 5.74) is 3.21. The molecule has 0 atom stereocenters. The monoisotopic (exact) mass is 337 g/mol. The van der Waals surface area contributed by atoms with E-state index in [1.807, 2.05) is 50.2 Å². The Labute approximate surface area is 145 Å². The van der Waals surface area contributed by atoms with Crippen LogP contribution in [0.1, 0.15) is 24.0 Å². The highest BCUT2D eigenvalue weighted by atomic mass is 16.2. The molecule has 0 aliphatic heterocycles. The van der Waals surface area contributed by atoms with Gasteiger partial charge in [-0.3, -0.25) is 4.98 Å². The van der Waals surface area contributed by atoms with Crippen molar-refractivity contribution in [2.24, 2.45) is 0 Å². The summed E-state index contributed by atoms with van der Waals surface area (Å²) in [6, 6.07) is 10.9. The van der Waals surface area contributed by atoms with Gasteiger partial charge in [0, 0.05) is 12.6 Å². The van der Waals surface area contributed by atoms with Gasteiger partial charge in [-0.1, -0.05) is 25.1 Å². The second-order valence-corrected chi connectivity index (χ2v) is 5.45. The lowest BCUT2D eigenvalue weighted by molar-refractivity contribution is 0.251. The van der Waals surface area contributed by atoms with Crippen LogP contribution in [0.15, 0.2) is 42.6 Å². The fourth-order valence-electron chi connectivity index (χ4n) is 2.41. The van der Waals surface area contributed by atoms with Crippen molar-refractivity contribution in [2.75, 3.05) is 5.32 Å². The molecule has 0 bridgehead atoms. The number of para-hydroxylation sites is 2. The van der Waals surface area contributed by atoms with Gasteiger partial charge in [0.05, 0.1) is 23.6 Å². The number of pyridine rings is 1. The van der Waals surface area contributed by atoms with E-state index in [9.17, 15) is 4.79 Å². The Morgan fingerprint density at radius 1 is 1.20 bits per heavy atom. The number of amides is 2. The van der Waals surface area contributed by atoms with Gasteiger partial charge in [-0.05, 0) is 41.1 Å². The summed E-state index contributed by atoms with van der Waals surface area (Å²) in [7, 11) is 0. The zero-order chi connectivity index (χ0) is 17.6. The van der Waals surface area contributed by atoms with Crippen LogP contribution < -0.4 is 10.6 Å². The van der Waals surface area contributed by atoms with Crippen molar-refractivity contribution in [1.29, 1.82) is 0 Å². The Bertz CT molecular complexity index is 875. The van der Waals surface area contributed by atoms with Gasteiger partial charge in [-0.15, -0.1) is 5.10 Å². The summed E-state index contributed by atoms with van der Waals surface area (Å²) in [5, 5.41) is 17.3. The van der Waals surface area contributed by atoms with Gasteiger partial charge in [0.1, 0.15) is 0 Å². The van der Waals surface area contributed by atoms with Gasteiger partial charge in [0.25, 0.3) is 0 Å². The maximum absolute atomic E-state index is 12.3. The molecule has 0 spiro atoms. The van der Waals surface area contributed by atoms with Gasteiger partial charge in [0.2, 0.25) is 0 Å². The lowest BCUT2D eigenvalue weighted by Gasteiger charge is -2.12. The van der Waals surface area contributed by atoms with Gasteiger partial charge in [0.15, 0.2) is 5.82 Å². The van der Waals surface area contributed by atoms with Gasteiger partial charge in [-0.2, -0.15) is 4.68 Å². The zero-order valence-corrected chi connectivity index (χ0v) is 14.1. The Morgan fingerprint density at radius 2 is 2.04 bits per heavy atom. The number of urea groups is 1. The summed E-state index contributed by atoms with van der Waals surface area (Å²) in [4.78, 5) is 16.5. The van der Waals surface area contributed by atoms with Gasteiger partial charge >= 0.3 is 6.03 Å². The minimum Gasteiger partial charge on any atom is -0.332 e. The topological polar surface area (TPSA) is 97.6 Å². The molecule has 25 heavy (non-hydrogen) atoms. The van der Waals surface area contributed by atoms with Crippen molar-refractivity contribution < 1.29 is 4.79 Å². The molecule has 1 aromatic carbocycles. The van der Waals surface area contributed by atoms with Crippen LogP contribution >= 0.6 is 0 Å². The van der Waals surface area contributed by atoms with Crippen molar-refractivity contribution in [2.45, 2.75) is 26.8 Å². The molecule has 0 saturated heterocycles. The summed E-state index contributed by atoms with van der Waals surface area (Å²) < 4.78 is 1.62. The number of nitrogens with zero attached hydrogens (tertiary/aromatic N) is 5. The summed E-state index contributed by atoms with van der Waals surface area (Å²) in [5.74, 6) is 0.721. The quantitative estimate of drug-likeness (QED) is 0.744. The molecule has 2 heterocycles. The Kier molecular flexibility index (Phi) is 4.98. The Hall–Kier alpha value is -3.29. The van der Waals surface area contributed by atoms with Gasteiger partial charge in [-0.25, -0.2) is 4.79 Å². The molecule has 2 N–H and O–H groups in total. The third kappa shape index (κ3) is 3.79. The molecular formula is C17H19N7O. The lowest BCUT2D eigenvalue weighted by atomic mass is 10.2. The normalized spacial score (nSPS) is 10.5. The molecule has 128 valence electrons. The predicted molar refractivity (Wildman–Crippen MR) is 93.4 cm³/mol. The first-order valence-corrected chi connectivity index (χ1v) is 8.01. The standard InChI is InChI=1S/C17H19N7O/c1-3-16-21-22-23-24(16)15-9-5-4-8-13(15)20-17(25)19-11-14-12(2)7-6-10-18-14/h4-10H,3,11H2,1-2H3,(H2,19,20,25). The average Bonchev–Trinajstić information content (AvgIpc) is 3.10. The van der Waals surface area contributed by atoms with Crippen molar-refractivity contribution in [1.82, 2.24) is 30.5 Å². The van der Waals surface area contributed by atoms with Crippen LogP contribution in [-0.4, -0.2) is 31.2 Å². The van der Waals surface area contributed by atoms with E-state index in [-0.39, 0.29) is 6.03 Å². The van der Waals surface area contributed by atoms with E-state index in [0.717, 1.165) is 17.1 Å². The maximum Gasteiger partial charge on any atom is 0.319 e. The first-order chi connectivity index (χ1) is 12.2. The van der Waals surface area contributed by atoms with E-state index in [1.54, 1.807) is 10.9 Å². The van der Waals surface area contributed by atoms with Crippen LogP contribution in [0.4, 0.5) is 10.5 Å². The molecule has 0 saturated carbocycles. The van der Waals surface area contributed by atoms with Crippen molar-refractivity contribution in [3.63, 3.8) is 0 Å². The lowest BCUT2D eigenvalue weighted by Crippen LogP contribution is -2.29. The highest BCUT2D eigenvalue weighted by Gasteiger charge is 2.12. The van der Waals surface area contributed by atoms with Gasteiger partial charge < -0.3 is 10.6 Å². The van der Waals surface area contributed by atoms with E-state index >= 15 is 0 Å². The van der Waals surface area contributed by atoms with Crippen LogP contribution in [0, 0.1) is 6.92 Å². The molecule has 2 amide bonds. The average molecular weight is 337 g/mol. The van der Waals surface area contributed by atoms with E-state index in [1.165, 1.54) is 0 Å². The minimum atomic E-state index is -0.316. The summed E-state index contributed by atoms with van der Waals surface area (Å²) in [6.07, 6.45) is 2.40. The molecule has 0 radical (unpaired) electrons. The van der Waals surface area contributed by atoms with Crippen molar-refractivity contribution in [3.05, 3.63) is 59.7 Å². The van der Waals surface area contributed by atoms with E-state index in [4.69, 9.17) is 0 Å². The smallest absolute Gasteiger partial charge is 0.319 e. The predicted octanol–water partition coefficient (Wildman–Crippen LogP) is 2.25. The third-order valence-electron chi connectivity index (χ3n) is 3.76. The number of carbonyl (C=O) groups excluding carboxylic acids is 1. The van der Waals surface area contributed by atoms with Crippen LogP contribution in [-0.2, 0) is 13.0 Å². The third-order valence-corrected chi connectivity index (χ3v) is 3.76. The minimum absolute atomic E-state index is 0.316. The number of benzene rings is 1. The Morgan fingerprint density at radius 3 is 2.84 bits per heavy atom. The van der Waals surface area contributed by atoms with Crippen LogP contribution in [0.5, 0.6) is 0 Å².